The first-order valence-electron chi connectivity index (χ1n) is 38.4. The molecule has 36 nitrogen and oxygen atoms in total. The van der Waals surface area contributed by atoms with Crippen molar-refractivity contribution in [3.8, 4) is 0 Å². The Morgan fingerprint density at radius 3 is 1.45 bits per heavy atom. The third kappa shape index (κ3) is 25.6. The van der Waals surface area contributed by atoms with E-state index in [9.17, 15) is 62.6 Å². The van der Waals surface area contributed by atoms with Crippen LogP contribution < -0.4 is 76.1 Å². The fraction of sp³-hybridized carbons (Fsp3) is 0.506. The quantitative estimate of drug-likeness (QED) is 0.0339. The summed E-state index contributed by atoms with van der Waals surface area (Å²) < 4.78 is 3.54. The second-order valence-corrected chi connectivity index (χ2v) is 31.1. The van der Waals surface area contributed by atoms with Crippen LogP contribution in [0.4, 0.5) is 0 Å². The van der Waals surface area contributed by atoms with E-state index in [0.717, 1.165) is 48.0 Å². The molecule has 5 aromatic rings. The van der Waals surface area contributed by atoms with Crippen LogP contribution in [0.15, 0.2) is 91.3 Å². The number of nitrogens with one attached hydrogen (secondary N) is 10. The van der Waals surface area contributed by atoms with Gasteiger partial charge in [0.05, 0.1) is 30.7 Å². The first kappa shape index (κ1) is 91.4. The molecule has 1 saturated carbocycles. The summed E-state index contributed by atoms with van der Waals surface area (Å²) in [6, 6.07) is 3.05. The number of aryl methyl sites for hydroxylation is 2. The fourth-order valence-corrected chi connectivity index (χ4v) is 14.9. The molecule has 1 aliphatic heterocycles. The number of aliphatic hydroxyl groups excluding tert-OH is 1. The molecule has 0 bridgehead atoms. The molecular formula is C79H108N18O18S. The van der Waals surface area contributed by atoms with E-state index >= 15 is 24.0 Å². The van der Waals surface area contributed by atoms with Crippen molar-refractivity contribution in [3.05, 3.63) is 108 Å². The third-order valence-electron chi connectivity index (χ3n) is 20.7. The zero-order chi connectivity index (χ0) is 85.5. The summed E-state index contributed by atoms with van der Waals surface area (Å²) >= 11 is 0.856. The van der Waals surface area contributed by atoms with E-state index in [2.05, 4.69) is 53.2 Å². The summed E-state index contributed by atoms with van der Waals surface area (Å²) in [7, 11) is 5.86. The molecule has 2 aliphatic rings. The highest BCUT2D eigenvalue weighted by Gasteiger charge is 2.43. The molecule has 2 fully saturated rings. The smallest absolute Gasteiger partial charge is 0.245 e. The number of carbonyl (C=O) groups excluding carboxylic acids is 17. The number of fused-ring (bicyclic) bond motifs is 2. The van der Waals surface area contributed by atoms with Gasteiger partial charge in [0.15, 0.2) is 5.78 Å². The van der Waals surface area contributed by atoms with Crippen molar-refractivity contribution >= 4 is 134 Å². The Morgan fingerprint density at radius 2 is 0.940 bits per heavy atom. The van der Waals surface area contributed by atoms with Crippen molar-refractivity contribution in [1.82, 2.24) is 72.1 Å². The van der Waals surface area contributed by atoms with E-state index < -0.39 is 209 Å². The Morgan fingerprint density at radius 1 is 0.483 bits per heavy atom. The lowest BCUT2D eigenvalue weighted by molar-refractivity contribution is -0.145. The average molecular weight is 1630 g/mol. The number of nitrogens with two attached hydrogens (primary N) is 4. The Hall–Kier alpha value is -11.8. The molecule has 116 heavy (non-hydrogen) atoms. The summed E-state index contributed by atoms with van der Waals surface area (Å²) in [5, 5.41) is 38.8. The van der Waals surface area contributed by atoms with Crippen molar-refractivity contribution in [3.63, 3.8) is 0 Å². The lowest BCUT2D eigenvalue weighted by atomic mass is 9.79. The Labute approximate surface area is 675 Å². The minimum atomic E-state index is -1.90. The number of benzene rings is 3. The Balaban J connectivity index is 1.32. The van der Waals surface area contributed by atoms with Crippen LogP contribution >= 0.6 is 11.8 Å². The van der Waals surface area contributed by atoms with Gasteiger partial charge in [0.25, 0.3) is 0 Å². The van der Waals surface area contributed by atoms with Crippen LogP contribution in [0.5, 0.6) is 0 Å². The summed E-state index contributed by atoms with van der Waals surface area (Å²) in [5.41, 5.74) is 25.5. The lowest BCUT2D eigenvalue weighted by Gasteiger charge is -2.36. The molecule has 7 rings (SSSR count). The normalized spacial score (nSPS) is 24.3. The number of hydrogen-bond donors (Lipinski definition) is 15. The number of likely N-dealkylation sites (N-methyl/N-ethyl adjacent to an activating group) is 2. The van der Waals surface area contributed by atoms with Gasteiger partial charge < -0.3 is 100 Å². The number of Topliss-reactive ketones (excluding diaryl/α,β-unsaturated/α-hetero) is 1. The Bertz CT molecular complexity index is 4470. The van der Waals surface area contributed by atoms with Crippen LogP contribution in [-0.2, 0) is 115 Å². The number of aliphatic hydroxyl groups is 1. The standard InChI is InChI=1S/C79H108N18O18S/c1-41(2)66-75(111)89-54(34-48-38-95(7)58-29-16-14-25-50(48)58)71(107)92-67(44(5)99)76(112)85-51(26-18-30-61(80)100)69(105)90-56(43(4)98)39-116-40-65(104)84-42(3)78(114)96(8)59(32-45-20-11-10-12-21-45)73(109)88-55(35-63(82)102)72(108)93-68(46-22-17-23-46)77(113)86-52(27-19-31-62(81)101)79(115)97(9)60(36-64(83)103)74(110)87-53(70(106)91-66)33-47-37-94(6)57-28-15-13-24-49(47)57/h10-16,20-21,24-25,28-29,37-38,41-42,44,46,51-56,59-60,66-68,99H,17-19,22-23,26-27,30-36,39-40H2,1-9H3,(H2,80,100)(H2,81,101)(H2,82,102)(H2,83,103)(H,84,104)(H,85,112)(H,86,113)(H,87,110)(H,88,109)(H,89,111)(H,90,105)(H,91,106)(H,92,107)(H,93,108)/t42-,44-,51+,52+,53+,54+,55+,56?,59+,60+,66+,67+,68+/m1/s1. The summed E-state index contributed by atoms with van der Waals surface area (Å²) in [4.78, 5) is 243. The number of nitrogens with zero attached hydrogens (tertiary/aromatic N) is 4. The molecule has 13 atom stereocenters. The number of rotatable bonds is 22. The second-order valence-electron chi connectivity index (χ2n) is 30.1. The topological polar surface area (TPSA) is 551 Å². The maximum atomic E-state index is 15.4. The van der Waals surface area contributed by atoms with Gasteiger partial charge in [0.1, 0.15) is 66.5 Å². The van der Waals surface area contributed by atoms with E-state index in [4.69, 9.17) is 22.9 Å². The van der Waals surface area contributed by atoms with Gasteiger partial charge in [-0.25, -0.2) is 0 Å². The molecule has 2 aromatic heterocycles. The van der Waals surface area contributed by atoms with Gasteiger partial charge in [-0.3, -0.25) is 81.5 Å². The molecule has 16 amide bonds. The van der Waals surface area contributed by atoms with Crippen LogP contribution in [0, 0.1) is 11.8 Å². The van der Waals surface area contributed by atoms with Crippen molar-refractivity contribution in [1.29, 1.82) is 0 Å². The molecule has 0 radical (unpaired) electrons. The van der Waals surface area contributed by atoms with Crippen LogP contribution in [0.3, 0.4) is 0 Å². The van der Waals surface area contributed by atoms with Gasteiger partial charge in [-0.05, 0) is 100.0 Å². The number of ketones is 1. The molecule has 3 aromatic carbocycles. The molecule has 19 N–H and O–H groups in total. The van der Waals surface area contributed by atoms with E-state index in [0.29, 0.717) is 52.2 Å². The highest BCUT2D eigenvalue weighted by atomic mass is 32.2. The van der Waals surface area contributed by atoms with Crippen molar-refractivity contribution in [2.45, 2.75) is 203 Å². The number of aromatic nitrogens is 2. The van der Waals surface area contributed by atoms with Gasteiger partial charge in [-0.2, -0.15) is 0 Å². The van der Waals surface area contributed by atoms with E-state index in [1.165, 1.54) is 14.0 Å². The minimum Gasteiger partial charge on any atom is -0.391 e. The molecule has 37 heteroatoms. The summed E-state index contributed by atoms with van der Waals surface area (Å²) in [5.74, 6) is -18.5. The number of thioether (sulfide) groups is 1. The highest BCUT2D eigenvalue weighted by molar-refractivity contribution is 8.00. The van der Waals surface area contributed by atoms with Gasteiger partial charge in [0.2, 0.25) is 94.5 Å². The monoisotopic (exact) mass is 1630 g/mol. The van der Waals surface area contributed by atoms with Gasteiger partial charge in [0, 0.05) is 100 Å². The largest absolute Gasteiger partial charge is 0.391 e. The highest BCUT2D eigenvalue weighted by Crippen LogP contribution is 2.31. The van der Waals surface area contributed by atoms with Crippen LogP contribution in [0.25, 0.3) is 21.8 Å². The SMILES string of the molecule is CC(=O)C1CSCC(=O)N[C@H](C)C(=O)N(C)[C@@H](Cc2ccccc2)C(=O)N[C@@H](CC(N)=O)C(=O)N[C@@H](C2CCC2)C(=O)N[C@@H](CCCC(N)=O)C(=O)N(C)[C@@H](CC(N)=O)C(=O)N[C@@H](Cc2cn(C)c3ccccc23)C(=O)N[C@@H](C(C)C)C(=O)N[C@@H](Cc2cn(C)c3ccccc23)C(=O)N[C@@H]([C@@H](C)O)C(=O)N[C@@H](CCCC(N)=O)C(=O)N1. The van der Waals surface area contributed by atoms with E-state index in [-0.39, 0.29) is 63.5 Å². The molecule has 1 aliphatic carbocycles. The predicted molar refractivity (Wildman–Crippen MR) is 427 cm³/mol. The number of para-hydroxylation sites is 2. The Kier molecular flexibility index (Phi) is 33.5. The van der Waals surface area contributed by atoms with Crippen LogP contribution in [0.1, 0.15) is 122 Å². The van der Waals surface area contributed by atoms with Gasteiger partial charge in [-0.15, -0.1) is 11.8 Å². The lowest BCUT2D eigenvalue weighted by Crippen LogP contribution is -2.63. The number of amides is 16. The van der Waals surface area contributed by atoms with Gasteiger partial charge in [-0.1, -0.05) is 87.0 Å². The molecule has 1 unspecified atom stereocenters. The van der Waals surface area contributed by atoms with E-state index in [1.54, 1.807) is 122 Å². The number of carbonyl (C=O) groups is 17. The second kappa shape index (κ2) is 42.6. The van der Waals surface area contributed by atoms with Crippen LogP contribution in [-0.4, -0.2) is 229 Å². The number of hydrogen-bond acceptors (Lipinski definition) is 19. The molecule has 628 valence electrons. The number of primary amides is 4. The third-order valence-corrected chi connectivity index (χ3v) is 21.7. The average Bonchev–Trinajstić information content (AvgIpc) is 1.64. The minimum absolute atomic E-state index is 0.100. The zero-order valence-corrected chi connectivity index (χ0v) is 67.3. The fourth-order valence-electron chi connectivity index (χ4n) is 14.0. The van der Waals surface area contributed by atoms with Crippen molar-refractivity contribution < 1.29 is 86.6 Å². The van der Waals surface area contributed by atoms with Gasteiger partial charge >= 0.3 is 0 Å². The van der Waals surface area contributed by atoms with Crippen molar-refractivity contribution in [2.24, 2.45) is 48.9 Å². The molecule has 3 heterocycles. The first-order valence-corrected chi connectivity index (χ1v) is 39.5. The zero-order valence-electron chi connectivity index (χ0n) is 66.5. The molecular weight excluding hydrogens is 1520 g/mol. The first-order chi connectivity index (χ1) is 54.8. The maximum Gasteiger partial charge on any atom is 0.245 e. The maximum absolute atomic E-state index is 15.4. The van der Waals surface area contributed by atoms with E-state index in [1.807, 2.05) is 6.07 Å². The summed E-state index contributed by atoms with van der Waals surface area (Å²) in [6.45, 7) is 6.78. The molecule has 1 saturated heterocycles. The van der Waals surface area contributed by atoms with Crippen molar-refractivity contribution in [2.75, 3.05) is 25.6 Å². The molecule has 0 spiro atoms. The summed E-state index contributed by atoms with van der Waals surface area (Å²) in [6.07, 6.45) is -1.12. The van der Waals surface area contributed by atoms with Crippen LogP contribution in [0.2, 0.25) is 0 Å². The predicted octanol–water partition coefficient (Wildman–Crippen LogP) is -2.55.